The highest BCUT2D eigenvalue weighted by molar-refractivity contribution is 5.63. The van der Waals surface area contributed by atoms with Gasteiger partial charge in [-0.25, -0.2) is 8.78 Å². The minimum Gasteiger partial charge on any atom is -0.424 e. The van der Waals surface area contributed by atoms with Crippen LogP contribution in [-0.2, 0) is 5.41 Å². The van der Waals surface area contributed by atoms with Crippen molar-refractivity contribution < 1.29 is 13.2 Å². The van der Waals surface area contributed by atoms with Gasteiger partial charge in [0.05, 0.1) is 22.4 Å². The Kier molecular flexibility index (Phi) is 3.73. The van der Waals surface area contributed by atoms with Gasteiger partial charge in [-0.1, -0.05) is 33.8 Å². The molecule has 1 fully saturated rings. The molecule has 2 atom stereocenters. The van der Waals surface area contributed by atoms with Crippen LogP contribution in [0.4, 0.5) is 8.78 Å². The van der Waals surface area contributed by atoms with Crippen LogP contribution in [0.2, 0.25) is 0 Å². The lowest BCUT2D eigenvalue weighted by molar-refractivity contribution is 0.202. The lowest BCUT2D eigenvalue weighted by Gasteiger charge is -2.34. The molecule has 2 aliphatic rings. The predicted molar refractivity (Wildman–Crippen MR) is 102 cm³/mol. The first kappa shape index (κ1) is 18.3. The zero-order valence-electron chi connectivity index (χ0n) is 16.8. The topological polar surface area (TPSA) is 64.7 Å². The van der Waals surface area contributed by atoms with Gasteiger partial charge in [0.1, 0.15) is 11.6 Å². The Morgan fingerprint density at radius 1 is 1.07 bits per heavy atom. The highest BCUT2D eigenvalue weighted by Crippen LogP contribution is 2.69. The molecule has 0 spiro atoms. The number of fused-ring (bicyclic) bond motifs is 5. The third kappa shape index (κ3) is 2.24. The first-order valence-corrected chi connectivity index (χ1v) is 9.93. The summed E-state index contributed by atoms with van der Waals surface area (Å²) in [6.45, 7) is 8.37. The van der Waals surface area contributed by atoms with E-state index < -0.39 is 17.0 Å². The van der Waals surface area contributed by atoms with Crippen LogP contribution < -0.4 is 0 Å². The molecule has 0 aliphatic heterocycles. The molecule has 0 radical (unpaired) electrons. The average Bonchev–Trinajstić information content (AvgIpc) is 3.30. The van der Waals surface area contributed by atoms with Gasteiger partial charge in [-0.15, -0.1) is 15.3 Å². The molecule has 2 heterocycles. The molecule has 0 saturated heterocycles. The highest BCUT2D eigenvalue weighted by atomic mass is 19.1. The van der Waals surface area contributed by atoms with Gasteiger partial charge in [0.15, 0.2) is 0 Å². The summed E-state index contributed by atoms with van der Waals surface area (Å²) in [5.74, 6) is 0.179. The zero-order chi connectivity index (χ0) is 20.6. The van der Waals surface area contributed by atoms with E-state index in [9.17, 15) is 8.78 Å². The standard InChI is InChI=1S/C22H22F2N4O/c1-11(2)19-27-28-20(29-19)22-9-8-13(21(22,3)4)12-10-16(25-26-18(12)22)17-14(23)6-5-7-15(17)24/h5-7,10-11,13H,8-9H2,1-4H3. The third-order valence-electron chi connectivity index (χ3n) is 6.90. The minimum atomic E-state index is -0.644. The molecular weight excluding hydrogens is 374 g/mol. The highest BCUT2D eigenvalue weighted by Gasteiger charge is 2.67. The van der Waals surface area contributed by atoms with E-state index in [-0.39, 0.29) is 28.5 Å². The number of halogens is 2. The first-order valence-electron chi connectivity index (χ1n) is 9.93. The minimum absolute atomic E-state index is 0.131. The van der Waals surface area contributed by atoms with Gasteiger partial charge in [-0.3, -0.25) is 0 Å². The van der Waals surface area contributed by atoms with E-state index in [0.29, 0.717) is 11.8 Å². The van der Waals surface area contributed by atoms with Gasteiger partial charge in [0.2, 0.25) is 11.8 Å². The maximum absolute atomic E-state index is 14.3. The normalized spacial score (nSPS) is 24.3. The molecule has 7 heteroatoms. The molecular formula is C22H22F2N4O. The Morgan fingerprint density at radius 3 is 2.45 bits per heavy atom. The second kappa shape index (κ2) is 5.90. The number of hydrogen-bond acceptors (Lipinski definition) is 5. The Hall–Kier alpha value is -2.70. The zero-order valence-corrected chi connectivity index (χ0v) is 16.8. The summed E-state index contributed by atoms with van der Waals surface area (Å²) in [4.78, 5) is 0. The summed E-state index contributed by atoms with van der Waals surface area (Å²) in [5.41, 5.74) is 1.07. The molecule has 1 saturated carbocycles. The quantitative estimate of drug-likeness (QED) is 0.614. The van der Waals surface area contributed by atoms with Gasteiger partial charge in [0.25, 0.3) is 0 Å². The summed E-state index contributed by atoms with van der Waals surface area (Å²) in [5, 5.41) is 17.3. The smallest absolute Gasteiger partial charge is 0.229 e. The van der Waals surface area contributed by atoms with Crippen molar-refractivity contribution in [2.45, 2.75) is 57.8 Å². The van der Waals surface area contributed by atoms with Crippen molar-refractivity contribution in [1.82, 2.24) is 20.4 Å². The van der Waals surface area contributed by atoms with Crippen molar-refractivity contribution >= 4 is 0 Å². The van der Waals surface area contributed by atoms with Crippen LogP contribution >= 0.6 is 0 Å². The molecule has 3 aromatic rings. The number of nitrogens with zero attached hydrogens (tertiary/aromatic N) is 4. The molecule has 5 rings (SSSR count). The second-order valence-corrected chi connectivity index (χ2v) is 8.95. The number of benzene rings is 1. The molecule has 2 unspecified atom stereocenters. The van der Waals surface area contributed by atoms with Crippen LogP contribution in [0, 0.1) is 17.0 Å². The Bertz CT molecular complexity index is 1100. The molecule has 1 aromatic carbocycles. The molecule has 0 amide bonds. The molecule has 2 aliphatic carbocycles. The van der Waals surface area contributed by atoms with Crippen molar-refractivity contribution in [2.24, 2.45) is 5.41 Å². The van der Waals surface area contributed by atoms with E-state index in [1.807, 2.05) is 13.8 Å². The summed E-state index contributed by atoms with van der Waals surface area (Å²) in [6.07, 6.45) is 1.75. The fraction of sp³-hybridized carbons (Fsp3) is 0.455. The maximum Gasteiger partial charge on any atom is 0.229 e. The largest absolute Gasteiger partial charge is 0.424 e. The van der Waals surface area contributed by atoms with Crippen LogP contribution in [0.5, 0.6) is 0 Å². The van der Waals surface area contributed by atoms with Crippen molar-refractivity contribution in [2.75, 3.05) is 0 Å². The molecule has 2 aromatic heterocycles. The number of hydrogen-bond donors (Lipinski definition) is 0. The van der Waals surface area contributed by atoms with Gasteiger partial charge in [-0.05, 0) is 47.9 Å². The molecule has 29 heavy (non-hydrogen) atoms. The second-order valence-electron chi connectivity index (χ2n) is 8.95. The Labute approximate surface area is 167 Å². The van der Waals surface area contributed by atoms with Crippen molar-refractivity contribution in [3.05, 3.63) is 58.9 Å². The Morgan fingerprint density at radius 2 is 1.79 bits per heavy atom. The van der Waals surface area contributed by atoms with Gasteiger partial charge in [0, 0.05) is 5.92 Å². The first-order chi connectivity index (χ1) is 13.8. The van der Waals surface area contributed by atoms with Gasteiger partial charge >= 0.3 is 0 Å². The summed E-state index contributed by atoms with van der Waals surface area (Å²) < 4.78 is 34.7. The number of aromatic nitrogens is 4. The fourth-order valence-corrected chi connectivity index (χ4v) is 5.30. The van der Waals surface area contributed by atoms with Crippen molar-refractivity contribution in [3.8, 4) is 11.3 Å². The fourth-order valence-electron chi connectivity index (χ4n) is 5.30. The SMILES string of the molecule is CC(C)c1nnc(C23CCC(c4cc(-c5c(F)cccc5F)nnc42)C3(C)C)o1. The summed E-state index contributed by atoms with van der Waals surface area (Å²) >= 11 is 0. The van der Waals surface area contributed by atoms with Gasteiger partial charge < -0.3 is 4.42 Å². The van der Waals surface area contributed by atoms with Crippen molar-refractivity contribution in [1.29, 1.82) is 0 Å². The van der Waals surface area contributed by atoms with Crippen molar-refractivity contribution in [3.63, 3.8) is 0 Å². The van der Waals surface area contributed by atoms with E-state index in [2.05, 4.69) is 34.2 Å². The van der Waals surface area contributed by atoms with E-state index in [4.69, 9.17) is 4.42 Å². The average molecular weight is 396 g/mol. The van der Waals surface area contributed by atoms with E-state index in [0.717, 1.165) is 24.1 Å². The van der Waals surface area contributed by atoms with Crippen LogP contribution in [0.3, 0.4) is 0 Å². The van der Waals surface area contributed by atoms with E-state index in [1.54, 1.807) is 6.07 Å². The van der Waals surface area contributed by atoms with E-state index >= 15 is 0 Å². The van der Waals surface area contributed by atoms with Crippen LogP contribution in [0.25, 0.3) is 11.3 Å². The van der Waals surface area contributed by atoms with Crippen LogP contribution in [-0.4, -0.2) is 20.4 Å². The Balaban J connectivity index is 1.70. The number of rotatable bonds is 3. The predicted octanol–water partition coefficient (Wildman–Crippen LogP) is 5.13. The maximum atomic E-state index is 14.3. The third-order valence-corrected chi connectivity index (χ3v) is 6.90. The lowest BCUT2D eigenvalue weighted by Crippen LogP contribution is -2.37. The monoisotopic (exact) mass is 396 g/mol. The molecule has 2 bridgehead atoms. The summed E-state index contributed by atoms with van der Waals surface area (Å²) in [7, 11) is 0. The molecule has 0 N–H and O–H groups in total. The molecule has 150 valence electrons. The lowest BCUT2D eigenvalue weighted by atomic mass is 9.68. The summed E-state index contributed by atoms with van der Waals surface area (Å²) in [6, 6.07) is 5.60. The van der Waals surface area contributed by atoms with Crippen LogP contribution in [0.15, 0.2) is 28.7 Å². The van der Waals surface area contributed by atoms with Gasteiger partial charge in [-0.2, -0.15) is 5.10 Å². The molecule has 5 nitrogen and oxygen atoms in total. The van der Waals surface area contributed by atoms with E-state index in [1.165, 1.54) is 18.2 Å². The van der Waals surface area contributed by atoms with Crippen LogP contribution in [0.1, 0.15) is 75.4 Å².